The molecule has 0 radical (unpaired) electrons. The molecule has 0 aliphatic carbocycles. The van der Waals surface area contributed by atoms with E-state index in [0.29, 0.717) is 12.8 Å². The molecule has 2 N–H and O–H groups in total. The van der Waals surface area contributed by atoms with Gasteiger partial charge >= 0.3 is 5.97 Å². The molecule has 1 amide bonds. The maximum Gasteiger partial charge on any atom is 0.326 e. The lowest BCUT2D eigenvalue weighted by atomic mass is 10.1. The first-order valence-electron chi connectivity index (χ1n) is 7.01. The van der Waals surface area contributed by atoms with Crippen LogP contribution in [0.15, 0.2) is 30.5 Å². The third-order valence-corrected chi connectivity index (χ3v) is 3.37. The largest absolute Gasteiger partial charge is 0.480 e. The predicted octanol–water partition coefficient (Wildman–Crippen LogP) is 2.13. The van der Waals surface area contributed by atoms with Crippen molar-refractivity contribution in [1.29, 1.82) is 0 Å². The van der Waals surface area contributed by atoms with E-state index in [1.165, 1.54) is 30.5 Å². The Morgan fingerprint density at radius 3 is 2.74 bits per heavy atom. The maximum absolute atomic E-state index is 12.3. The van der Waals surface area contributed by atoms with E-state index >= 15 is 0 Å². The summed E-state index contributed by atoms with van der Waals surface area (Å²) in [7, 11) is 0. The van der Waals surface area contributed by atoms with E-state index in [2.05, 4.69) is 10.3 Å². The van der Waals surface area contributed by atoms with Crippen LogP contribution in [0.4, 0.5) is 5.69 Å². The number of carbonyl (C=O) groups is 2. The van der Waals surface area contributed by atoms with E-state index in [9.17, 15) is 19.7 Å². The van der Waals surface area contributed by atoms with Crippen molar-refractivity contribution in [2.24, 2.45) is 0 Å². The number of hydrogen-bond acceptors (Lipinski definition) is 5. The first kappa shape index (κ1) is 16.3. The Morgan fingerprint density at radius 2 is 2.13 bits per heavy atom. The summed E-state index contributed by atoms with van der Waals surface area (Å²) in [4.78, 5) is 38.0. The van der Waals surface area contributed by atoms with Crippen LogP contribution in [0.25, 0.3) is 10.9 Å². The van der Waals surface area contributed by atoms with Crippen LogP contribution >= 0.6 is 0 Å². The fraction of sp³-hybridized carbons (Fsp3) is 0.267. The third kappa shape index (κ3) is 3.42. The summed E-state index contributed by atoms with van der Waals surface area (Å²) >= 11 is 0. The minimum Gasteiger partial charge on any atom is -0.480 e. The average molecular weight is 317 g/mol. The summed E-state index contributed by atoms with van der Waals surface area (Å²) in [5, 5.41) is 22.8. The smallest absolute Gasteiger partial charge is 0.326 e. The number of carboxylic acid groups (broad SMARTS) is 1. The highest BCUT2D eigenvalue weighted by molar-refractivity contribution is 6.08. The topological polar surface area (TPSA) is 122 Å². The van der Waals surface area contributed by atoms with E-state index in [1.807, 2.05) is 6.92 Å². The Hall–Kier alpha value is -3.03. The first-order valence-corrected chi connectivity index (χ1v) is 7.01. The van der Waals surface area contributed by atoms with Gasteiger partial charge in [-0.05, 0) is 24.6 Å². The zero-order chi connectivity index (χ0) is 17.0. The fourth-order valence-corrected chi connectivity index (χ4v) is 2.28. The van der Waals surface area contributed by atoms with Gasteiger partial charge in [0.15, 0.2) is 0 Å². The Balaban J connectivity index is 2.44. The lowest BCUT2D eigenvalue weighted by Crippen LogP contribution is -2.40. The molecule has 0 fully saturated rings. The van der Waals surface area contributed by atoms with Gasteiger partial charge in [-0.15, -0.1) is 0 Å². The van der Waals surface area contributed by atoms with Crippen molar-refractivity contribution in [3.63, 3.8) is 0 Å². The van der Waals surface area contributed by atoms with Gasteiger partial charge in [-0.2, -0.15) is 0 Å². The molecule has 1 aromatic heterocycles. The number of carbonyl (C=O) groups excluding carboxylic acids is 1. The highest BCUT2D eigenvalue weighted by atomic mass is 16.6. The lowest BCUT2D eigenvalue weighted by Gasteiger charge is -2.14. The van der Waals surface area contributed by atoms with E-state index in [4.69, 9.17) is 5.11 Å². The Morgan fingerprint density at radius 1 is 1.39 bits per heavy atom. The quantitative estimate of drug-likeness (QED) is 0.621. The van der Waals surface area contributed by atoms with Crippen molar-refractivity contribution in [3.8, 4) is 0 Å². The molecule has 0 saturated carbocycles. The number of aliphatic carboxylic acids is 1. The average Bonchev–Trinajstić information content (AvgIpc) is 2.52. The minimum atomic E-state index is -1.13. The van der Waals surface area contributed by atoms with Crippen LogP contribution < -0.4 is 5.32 Å². The van der Waals surface area contributed by atoms with Gasteiger partial charge < -0.3 is 10.4 Å². The molecule has 1 aromatic carbocycles. The van der Waals surface area contributed by atoms with Gasteiger partial charge in [-0.3, -0.25) is 19.9 Å². The molecule has 23 heavy (non-hydrogen) atoms. The Bertz CT molecular complexity index is 775. The molecule has 120 valence electrons. The van der Waals surface area contributed by atoms with Gasteiger partial charge in [-0.1, -0.05) is 13.3 Å². The number of non-ortho nitro benzene ring substituents is 1. The fourth-order valence-electron chi connectivity index (χ4n) is 2.28. The van der Waals surface area contributed by atoms with Gasteiger partial charge in [0.25, 0.3) is 11.6 Å². The van der Waals surface area contributed by atoms with Gasteiger partial charge in [0.2, 0.25) is 0 Å². The van der Waals surface area contributed by atoms with Crippen LogP contribution in [0.5, 0.6) is 0 Å². The number of nitro benzene ring substituents is 1. The number of rotatable bonds is 6. The number of pyridine rings is 1. The van der Waals surface area contributed by atoms with Crippen LogP contribution in [0, 0.1) is 10.1 Å². The molecule has 0 saturated heterocycles. The monoisotopic (exact) mass is 317 g/mol. The van der Waals surface area contributed by atoms with Crippen LogP contribution in [0.1, 0.15) is 30.1 Å². The molecule has 2 rings (SSSR count). The molecule has 0 bridgehead atoms. The second-order valence-electron chi connectivity index (χ2n) is 4.94. The van der Waals surface area contributed by atoms with E-state index < -0.39 is 22.8 Å². The molecule has 0 aliphatic rings. The third-order valence-electron chi connectivity index (χ3n) is 3.37. The number of nitrogens with zero attached hydrogens (tertiary/aromatic N) is 2. The second-order valence-corrected chi connectivity index (χ2v) is 4.94. The summed E-state index contributed by atoms with van der Waals surface area (Å²) in [5.41, 5.74) is 0.112. The number of amides is 1. The van der Waals surface area contributed by atoms with E-state index in [0.717, 1.165) is 0 Å². The van der Waals surface area contributed by atoms with E-state index in [-0.39, 0.29) is 22.2 Å². The Labute approximate surface area is 131 Å². The summed E-state index contributed by atoms with van der Waals surface area (Å²) < 4.78 is 0. The lowest BCUT2D eigenvalue weighted by molar-refractivity contribution is -0.383. The van der Waals surface area contributed by atoms with Gasteiger partial charge in [0.05, 0.1) is 21.4 Å². The highest BCUT2D eigenvalue weighted by Gasteiger charge is 2.23. The maximum atomic E-state index is 12.3. The van der Waals surface area contributed by atoms with Crippen LogP contribution in [-0.4, -0.2) is 32.9 Å². The number of carboxylic acids is 1. The van der Waals surface area contributed by atoms with Crippen molar-refractivity contribution < 1.29 is 19.6 Å². The molecule has 1 heterocycles. The molecule has 8 heteroatoms. The van der Waals surface area contributed by atoms with Crippen LogP contribution in [0.2, 0.25) is 0 Å². The normalized spacial score (nSPS) is 11.9. The SMILES string of the molecule is CCCC(NC(=O)c1ccc([N+](=O)[O-])c2cccnc12)C(=O)O. The van der Waals surface area contributed by atoms with Crippen molar-refractivity contribution in [2.75, 3.05) is 0 Å². The summed E-state index contributed by atoms with van der Waals surface area (Å²) in [5.74, 6) is -1.75. The number of nitrogens with one attached hydrogen (secondary N) is 1. The highest BCUT2D eigenvalue weighted by Crippen LogP contribution is 2.26. The molecule has 1 unspecified atom stereocenters. The molecule has 2 aromatic rings. The van der Waals surface area contributed by atoms with Crippen LogP contribution in [0.3, 0.4) is 0 Å². The Kier molecular flexibility index (Phi) is 4.85. The molecule has 1 atom stereocenters. The van der Waals surface area contributed by atoms with Crippen molar-refractivity contribution >= 4 is 28.5 Å². The van der Waals surface area contributed by atoms with Gasteiger partial charge in [0, 0.05) is 12.3 Å². The standard InChI is InChI=1S/C15H15N3O5/c1-2-4-11(15(20)21)17-14(19)10-6-7-12(18(22)23)9-5-3-8-16-13(9)10/h3,5-8,11H,2,4H2,1H3,(H,17,19)(H,20,21). The van der Waals surface area contributed by atoms with Crippen molar-refractivity contribution in [2.45, 2.75) is 25.8 Å². The van der Waals surface area contributed by atoms with Crippen LogP contribution in [-0.2, 0) is 4.79 Å². The summed E-state index contributed by atoms with van der Waals surface area (Å²) in [6, 6.07) is 4.52. The number of nitro groups is 1. The minimum absolute atomic E-state index is 0.105. The number of aromatic nitrogens is 1. The van der Waals surface area contributed by atoms with Gasteiger partial charge in [0.1, 0.15) is 6.04 Å². The molecule has 8 nitrogen and oxygen atoms in total. The molecular formula is C15H15N3O5. The molecular weight excluding hydrogens is 302 g/mol. The van der Waals surface area contributed by atoms with Gasteiger partial charge in [-0.25, -0.2) is 4.79 Å². The number of benzene rings is 1. The second kappa shape index (κ2) is 6.82. The summed E-state index contributed by atoms with van der Waals surface area (Å²) in [6.07, 6.45) is 2.31. The zero-order valence-electron chi connectivity index (χ0n) is 12.4. The zero-order valence-corrected chi connectivity index (χ0v) is 12.4. The number of fused-ring (bicyclic) bond motifs is 1. The first-order chi connectivity index (χ1) is 11.0. The predicted molar refractivity (Wildman–Crippen MR) is 82.2 cm³/mol. The van der Waals surface area contributed by atoms with E-state index in [1.54, 1.807) is 0 Å². The van der Waals surface area contributed by atoms with Crippen molar-refractivity contribution in [3.05, 3.63) is 46.1 Å². The molecule has 0 spiro atoms. The molecule has 0 aliphatic heterocycles. The summed E-state index contributed by atoms with van der Waals surface area (Å²) in [6.45, 7) is 1.81. The number of hydrogen-bond donors (Lipinski definition) is 2. The van der Waals surface area contributed by atoms with Crippen molar-refractivity contribution in [1.82, 2.24) is 10.3 Å².